The third-order valence-electron chi connectivity index (χ3n) is 11.2. The Bertz CT molecular complexity index is 1950. The van der Waals surface area contributed by atoms with E-state index in [1.165, 1.54) is 57.9 Å². The molecule has 0 bridgehead atoms. The fourth-order valence-electron chi connectivity index (χ4n) is 7.93. The van der Waals surface area contributed by atoms with Crippen molar-refractivity contribution in [1.82, 2.24) is 0 Å². The molecule has 3 nitrogen and oxygen atoms in total. The zero-order valence-corrected chi connectivity index (χ0v) is 33.0. The van der Waals surface area contributed by atoms with E-state index in [1.807, 2.05) is 0 Å². The van der Waals surface area contributed by atoms with Crippen molar-refractivity contribution in [2.24, 2.45) is 0 Å². The standard InChI is InChI=1S/C50H59N3/c1-8-10-36-51-45-28-20-18-26-43(45)49(4,5)38(3)30-31-39-32-33-40(48(39)53(41-22-14-12-15-23-41)42-24-16-13-17-25-42)34-35-47-50(6,7)44-27-19-21-29-46(44)52(47)37-11-9-2/h12-31,34-35,51H,3,8-11,32-33,36-37H2,1-2,4-7H3/b31-30+,40-34+,47-35+. The van der Waals surface area contributed by atoms with Crippen molar-refractivity contribution in [3.05, 3.63) is 179 Å². The van der Waals surface area contributed by atoms with Crippen LogP contribution in [0.3, 0.4) is 0 Å². The Morgan fingerprint density at radius 3 is 2.09 bits per heavy atom. The molecule has 0 atom stereocenters. The van der Waals surface area contributed by atoms with Crippen molar-refractivity contribution >= 4 is 22.7 Å². The van der Waals surface area contributed by atoms with Crippen LogP contribution in [0.5, 0.6) is 0 Å². The zero-order chi connectivity index (χ0) is 37.4. The molecule has 0 fully saturated rings. The van der Waals surface area contributed by atoms with Gasteiger partial charge in [0.15, 0.2) is 0 Å². The number of fused-ring (bicyclic) bond motifs is 1. The lowest BCUT2D eigenvalue weighted by Crippen LogP contribution is -2.27. The van der Waals surface area contributed by atoms with E-state index >= 15 is 0 Å². The maximum Gasteiger partial charge on any atom is 0.0525 e. The molecule has 0 unspecified atom stereocenters. The minimum absolute atomic E-state index is 0.0871. The van der Waals surface area contributed by atoms with E-state index in [1.54, 1.807) is 0 Å². The van der Waals surface area contributed by atoms with E-state index in [9.17, 15) is 0 Å². The number of hydrogen-bond acceptors (Lipinski definition) is 3. The first-order valence-electron chi connectivity index (χ1n) is 19.8. The topological polar surface area (TPSA) is 18.5 Å². The third kappa shape index (κ3) is 8.00. The summed E-state index contributed by atoms with van der Waals surface area (Å²) >= 11 is 0. The molecule has 1 aliphatic heterocycles. The number of rotatable bonds is 15. The average Bonchev–Trinajstić information content (AvgIpc) is 3.67. The second kappa shape index (κ2) is 16.8. The minimum Gasteiger partial charge on any atom is -0.385 e. The molecule has 274 valence electrons. The van der Waals surface area contributed by atoms with Crippen LogP contribution in [0.1, 0.15) is 91.2 Å². The molecule has 0 saturated carbocycles. The Hall–Kier alpha value is -5.02. The summed E-state index contributed by atoms with van der Waals surface area (Å²) in [7, 11) is 0. The number of para-hydroxylation sites is 4. The maximum absolute atomic E-state index is 4.68. The summed E-state index contributed by atoms with van der Waals surface area (Å²) in [6.07, 6.45) is 16.1. The van der Waals surface area contributed by atoms with Crippen molar-refractivity contribution in [1.29, 1.82) is 0 Å². The molecule has 0 amide bonds. The second-order valence-corrected chi connectivity index (χ2v) is 15.6. The van der Waals surface area contributed by atoms with Gasteiger partial charge in [-0.2, -0.15) is 0 Å². The summed E-state index contributed by atoms with van der Waals surface area (Å²) in [4.78, 5) is 5.03. The number of anilines is 4. The van der Waals surface area contributed by atoms with E-state index in [0.29, 0.717) is 0 Å². The highest BCUT2D eigenvalue weighted by atomic mass is 15.2. The molecule has 0 saturated heterocycles. The summed E-state index contributed by atoms with van der Waals surface area (Å²) < 4.78 is 0. The molecule has 0 radical (unpaired) electrons. The minimum atomic E-state index is -0.252. The zero-order valence-electron chi connectivity index (χ0n) is 33.0. The van der Waals surface area contributed by atoms with Crippen LogP contribution in [0, 0.1) is 0 Å². The highest BCUT2D eigenvalue weighted by Gasteiger charge is 2.39. The molecular weight excluding hydrogens is 643 g/mol. The Balaban J connectivity index is 1.45. The van der Waals surface area contributed by atoms with Crippen LogP contribution in [0.25, 0.3) is 0 Å². The van der Waals surface area contributed by atoms with E-state index in [2.05, 4.69) is 197 Å². The van der Waals surface area contributed by atoms with Gasteiger partial charge in [-0.15, -0.1) is 0 Å². The first-order chi connectivity index (χ1) is 25.7. The summed E-state index contributed by atoms with van der Waals surface area (Å²) in [6.45, 7) is 20.6. The van der Waals surface area contributed by atoms with Crippen LogP contribution in [0.4, 0.5) is 22.7 Å². The van der Waals surface area contributed by atoms with Crippen molar-refractivity contribution in [3.63, 3.8) is 0 Å². The van der Waals surface area contributed by atoms with Crippen molar-refractivity contribution in [3.8, 4) is 0 Å². The van der Waals surface area contributed by atoms with E-state index in [4.69, 9.17) is 0 Å². The van der Waals surface area contributed by atoms with Gasteiger partial charge in [0.1, 0.15) is 0 Å². The van der Waals surface area contributed by atoms with Gasteiger partial charge in [-0.25, -0.2) is 0 Å². The van der Waals surface area contributed by atoms with Crippen LogP contribution in [0.2, 0.25) is 0 Å². The number of nitrogens with zero attached hydrogens (tertiary/aromatic N) is 2. The van der Waals surface area contributed by atoms with Gasteiger partial charge in [-0.05, 0) is 96.0 Å². The van der Waals surface area contributed by atoms with Gasteiger partial charge in [0, 0.05) is 52.4 Å². The predicted octanol–water partition coefficient (Wildman–Crippen LogP) is 13.6. The largest absolute Gasteiger partial charge is 0.385 e. The van der Waals surface area contributed by atoms with E-state index < -0.39 is 0 Å². The molecule has 2 aliphatic rings. The Morgan fingerprint density at radius 2 is 1.42 bits per heavy atom. The molecule has 0 spiro atoms. The maximum atomic E-state index is 4.68. The third-order valence-corrected chi connectivity index (χ3v) is 11.2. The quantitative estimate of drug-likeness (QED) is 0.0983. The number of benzene rings is 4. The molecule has 1 heterocycles. The summed E-state index contributed by atoms with van der Waals surface area (Å²) in [5.41, 5.74) is 13.6. The van der Waals surface area contributed by atoms with Crippen molar-refractivity contribution in [2.45, 2.75) is 90.9 Å². The molecule has 4 aromatic rings. The molecule has 53 heavy (non-hydrogen) atoms. The van der Waals surface area contributed by atoms with Gasteiger partial charge in [0.25, 0.3) is 0 Å². The summed E-state index contributed by atoms with van der Waals surface area (Å²) in [6, 6.07) is 39.4. The lowest BCUT2D eigenvalue weighted by atomic mass is 9.77. The molecule has 1 aliphatic carbocycles. The Morgan fingerprint density at radius 1 is 0.792 bits per heavy atom. The first kappa shape index (κ1) is 37.7. The molecule has 3 heteroatoms. The van der Waals surface area contributed by atoms with Crippen LogP contribution in [0.15, 0.2) is 168 Å². The number of allylic oxidation sites excluding steroid dienone is 8. The Labute approximate surface area is 320 Å². The number of nitrogens with one attached hydrogen (secondary N) is 1. The predicted molar refractivity (Wildman–Crippen MR) is 230 cm³/mol. The molecule has 1 N–H and O–H groups in total. The smallest absolute Gasteiger partial charge is 0.0525 e. The summed E-state index contributed by atoms with van der Waals surface area (Å²) in [5, 5.41) is 3.70. The highest BCUT2D eigenvalue weighted by molar-refractivity contribution is 5.75. The van der Waals surface area contributed by atoms with Crippen LogP contribution < -0.4 is 15.1 Å². The Kier molecular flexibility index (Phi) is 11.9. The molecule has 0 aromatic heterocycles. The van der Waals surface area contributed by atoms with Crippen molar-refractivity contribution in [2.75, 3.05) is 28.2 Å². The average molecular weight is 702 g/mol. The van der Waals surface area contributed by atoms with Crippen LogP contribution in [-0.4, -0.2) is 13.1 Å². The second-order valence-electron chi connectivity index (χ2n) is 15.6. The lowest BCUT2D eigenvalue weighted by Gasteiger charge is -2.30. The molecular formula is C50H59N3. The SMILES string of the molecule is C=C(/C=C/C1=C(N(c2ccccc2)c2ccccc2)C(=C/C=C2/N(CCCC)c3ccccc3C2(C)C)/CC1)C(C)(C)c1ccccc1NCCCC. The highest BCUT2D eigenvalue weighted by Crippen LogP contribution is 2.48. The van der Waals surface area contributed by atoms with Crippen LogP contribution in [-0.2, 0) is 10.8 Å². The van der Waals surface area contributed by atoms with Gasteiger partial charge in [0.2, 0.25) is 0 Å². The van der Waals surface area contributed by atoms with E-state index in [0.717, 1.165) is 55.7 Å². The number of unbranched alkanes of at least 4 members (excludes halogenated alkanes) is 2. The summed E-state index contributed by atoms with van der Waals surface area (Å²) in [5.74, 6) is 0. The fourth-order valence-corrected chi connectivity index (χ4v) is 7.93. The normalized spacial score (nSPS) is 16.9. The number of hydrogen-bond donors (Lipinski definition) is 1. The lowest BCUT2D eigenvalue weighted by molar-refractivity contribution is 0.624. The fraction of sp³-hybridized carbons (Fsp3) is 0.320. The molecule has 4 aromatic carbocycles. The first-order valence-corrected chi connectivity index (χ1v) is 19.8. The van der Waals surface area contributed by atoms with E-state index in [-0.39, 0.29) is 10.8 Å². The van der Waals surface area contributed by atoms with Gasteiger partial charge in [0.05, 0.1) is 5.70 Å². The van der Waals surface area contributed by atoms with Crippen LogP contribution >= 0.6 is 0 Å². The van der Waals surface area contributed by atoms with Gasteiger partial charge < -0.3 is 15.1 Å². The monoisotopic (exact) mass is 701 g/mol. The van der Waals surface area contributed by atoms with Gasteiger partial charge >= 0.3 is 0 Å². The molecule has 6 rings (SSSR count). The van der Waals surface area contributed by atoms with Crippen molar-refractivity contribution < 1.29 is 0 Å². The van der Waals surface area contributed by atoms with Gasteiger partial charge in [-0.1, -0.05) is 152 Å². The van der Waals surface area contributed by atoms with Gasteiger partial charge in [-0.3, -0.25) is 0 Å².